The van der Waals surface area contributed by atoms with E-state index in [1.54, 1.807) is 13.8 Å². The summed E-state index contributed by atoms with van der Waals surface area (Å²) in [4.78, 5) is 25.2. The van der Waals surface area contributed by atoms with Gasteiger partial charge in [-0.05, 0) is 23.8 Å². The van der Waals surface area contributed by atoms with Gasteiger partial charge in [-0.2, -0.15) is 0 Å². The number of primary amides is 1. The van der Waals surface area contributed by atoms with E-state index in [1.807, 2.05) is 0 Å². The molecule has 1 amide bonds. The van der Waals surface area contributed by atoms with Crippen molar-refractivity contribution in [3.63, 3.8) is 0 Å². The Balaban J connectivity index is 3.57. The third-order valence-electron chi connectivity index (χ3n) is 2.26. The lowest BCUT2D eigenvalue weighted by molar-refractivity contribution is -0.390. The molecule has 1 heterocycles. The second-order valence-electron chi connectivity index (χ2n) is 3.40. The zero-order valence-corrected chi connectivity index (χ0v) is 9.81. The number of aryl methyl sites for hydroxylation is 1. The van der Waals surface area contributed by atoms with E-state index >= 15 is 0 Å². The Hall–Kier alpha value is -2.18. The predicted octanol–water partition coefficient (Wildman–Crippen LogP) is 1.10. The Bertz CT molecular complexity index is 485. The number of rotatable bonds is 4. The fourth-order valence-electron chi connectivity index (χ4n) is 1.62. The predicted molar refractivity (Wildman–Crippen MR) is 60.1 cm³/mol. The van der Waals surface area contributed by atoms with E-state index in [-0.39, 0.29) is 23.6 Å². The number of ether oxygens (including phenoxy) is 1. The van der Waals surface area contributed by atoms with Crippen LogP contribution in [0, 0.1) is 24.0 Å². The molecule has 0 bridgehead atoms. The molecule has 1 aromatic rings. The molecule has 0 radical (unpaired) electrons. The monoisotopic (exact) mass is 239 g/mol. The first-order valence-electron chi connectivity index (χ1n) is 4.98. The van der Waals surface area contributed by atoms with E-state index in [0.717, 1.165) is 0 Å². The van der Waals surface area contributed by atoms with Crippen LogP contribution < -0.4 is 10.5 Å². The highest BCUT2D eigenvalue weighted by molar-refractivity contribution is 5.96. The van der Waals surface area contributed by atoms with Crippen molar-refractivity contribution in [1.82, 2.24) is 4.98 Å². The minimum Gasteiger partial charge on any atom is -0.486 e. The Labute approximate surface area is 97.7 Å². The number of aromatic nitrogens is 1. The van der Waals surface area contributed by atoms with E-state index in [1.165, 1.54) is 6.92 Å². The fraction of sp³-hybridized carbons (Fsp3) is 0.400. The van der Waals surface area contributed by atoms with Gasteiger partial charge in [-0.15, -0.1) is 0 Å². The first-order chi connectivity index (χ1) is 7.90. The zero-order chi connectivity index (χ0) is 13.2. The van der Waals surface area contributed by atoms with Crippen molar-refractivity contribution >= 4 is 11.7 Å². The second-order valence-corrected chi connectivity index (χ2v) is 3.40. The topological polar surface area (TPSA) is 108 Å². The van der Waals surface area contributed by atoms with Gasteiger partial charge in [0, 0.05) is 12.5 Å². The molecule has 0 aliphatic rings. The summed E-state index contributed by atoms with van der Waals surface area (Å²) in [6, 6.07) is 0. The molecule has 0 unspecified atom stereocenters. The van der Waals surface area contributed by atoms with E-state index < -0.39 is 16.6 Å². The molecule has 0 aromatic carbocycles. The molecule has 0 saturated heterocycles. The van der Waals surface area contributed by atoms with Crippen molar-refractivity contribution in [2.24, 2.45) is 5.73 Å². The molecular formula is C10H13N3O4. The van der Waals surface area contributed by atoms with Gasteiger partial charge in [0.1, 0.15) is 0 Å². The van der Waals surface area contributed by atoms with Crippen molar-refractivity contribution in [1.29, 1.82) is 0 Å². The van der Waals surface area contributed by atoms with E-state index in [2.05, 4.69) is 4.98 Å². The van der Waals surface area contributed by atoms with Crippen molar-refractivity contribution < 1.29 is 14.5 Å². The molecule has 0 spiro atoms. The number of carbonyl (C=O) groups is 1. The summed E-state index contributed by atoms with van der Waals surface area (Å²) in [5.74, 6) is -1.08. The number of amides is 1. The highest BCUT2D eigenvalue weighted by Gasteiger charge is 2.27. The van der Waals surface area contributed by atoms with Crippen molar-refractivity contribution in [2.75, 3.05) is 6.61 Å². The lowest BCUT2D eigenvalue weighted by Crippen LogP contribution is -2.17. The van der Waals surface area contributed by atoms with Crippen LogP contribution in [0.1, 0.15) is 28.5 Å². The second kappa shape index (κ2) is 4.77. The van der Waals surface area contributed by atoms with Crippen molar-refractivity contribution in [3.05, 3.63) is 26.9 Å². The third-order valence-corrected chi connectivity index (χ3v) is 2.26. The molecule has 0 aliphatic heterocycles. The molecule has 0 saturated carbocycles. The van der Waals surface area contributed by atoms with E-state index in [4.69, 9.17) is 10.5 Å². The lowest BCUT2D eigenvalue weighted by Gasteiger charge is -2.10. The van der Waals surface area contributed by atoms with Gasteiger partial charge in [-0.3, -0.25) is 4.79 Å². The molecule has 2 N–H and O–H groups in total. The van der Waals surface area contributed by atoms with Gasteiger partial charge in [-0.1, -0.05) is 0 Å². The molecule has 7 nitrogen and oxygen atoms in total. The summed E-state index contributed by atoms with van der Waals surface area (Å²) in [6.07, 6.45) is 0. The molecule has 17 heavy (non-hydrogen) atoms. The van der Waals surface area contributed by atoms with Crippen LogP contribution >= 0.6 is 0 Å². The summed E-state index contributed by atoms with van der Waals surface area (Å²) in [7, 11) is 0. The number of carbonyl (C=O) groups excluding carboxylic acids is 1. The first kappa shape index (κ1) is 12.9. The molecule has 0 fully saturated rings. The summed E-state index contributed by atoms with van der Waals surface area (Å²) in [5, 5.41) is 10.8. The van der Waals surface area contributed by atoms with Crippen LogP contribution in [0.2, 0.25) is 0 Å². The maximum absolute atomic E-state index is 11.2. The van der Waals surface area contributed by atoms with Gasteiger partial charge in [-0.25, -0.2) is 0 Å². The molecule has 1 rings (SSSR count). The minimum atomic E-state index is -0.677. The molecule has 7 heteroatoms. The molecule has 0 aliphatic carbocycles. The van der Waals surface area contributed by atoms with Crippen molar-refractivity contribution in [2.45, 2.75) is 20.8 Å². The van der Waals surface area contributed by atoms with Crippen LogP contribution in [0.15, 0.2) is 0 Å². The number of nitro groups is 1. The Morgan fingerprint density at radius 1 is 1.53 bits per heavy atom. The largest absolute Gasteiger partial charge is 0.486 e. The maximum atomic E-state index is 11.2. The molecule has 0 atom stereocenters. The summed E-state index contributed by atoms with van der Waals surface area (Å²) in [6.45, 7) is 4.97. The van der Waals surface area contributed by atoms with Crippen LogP contribution in [0.25, 0.3) is 0 Å². The fourth-order valence-corrected chi connectivity index (χ4v) is 1.62. The lowest BCUT2D eigenvalue weighted by atomic mass is 10.1. The van der Waals surface area contributed by atoms with Crippen LogP contribution in [0.5, 0.6) is 5.75 Å². The smallest absolute Gasteiger partial charge is 0.406 e. The summed E-state index contributed by atoms with van der Waals surface area (Å²) >= 11 is 0. The normalized spacial score (nSPS) is 10.1. The highest BCUT2D eigenvalue weighted by atomic mass is 16.6. The summed E-state index contributed by atoms with van der Waals surface area (Å²) < 4.78 is 5.16. The van der Waals surface area contributed by atoms with E-state index in [0.29, 0.717) is 5.56 Å². The minimum absolute atomic E-state index is 0.00287. The molecule has 1 aromatic heterocycles. The summed E-state index contributed by atoms with van der Waals surface area (Å²) in [5.41, 5.74) is 5.94. The quantitative estimate of drug-likeness (QED) is 0.625. The maximum Gasteiger partial charge on any atom is 0.406 e. The standard InChI is InChI=1S/C10H13N3O4/c1-4-17-8-5(2)7(9(11)14)6(3)12-10(8)13(15)16/h4H2,1-3H3,(H2,11,14). The molecule has 92 valence electrons. The van der Waals surface area contributed by atoms with Crippen LogP contribution in [0.3, 0.4) is 0 Å². The number of pyridine rings is 1. The molecular weight excluding hydrogens is 226 g/mol. The average Bonchev–Trinajstić information content (AvgIpc) is 2.21. The van der Waals surface area contributed by atoms with Crippen molar-refractivity contribution in [3.8, 4) is 5.75 Å². The number of hydrogen-bond acceptors (Lipinski definition) is 5. The number of nitrogens with two attached hydrogens (primary N) is 1. The van der Waals surface area contributed by atoms with Gasteiger partial charge < -0.3 is 20.6 Å². The van der Waals surface area contributed by atoms with Gasteiger partial charge in [0.15, 0.2) is 5.69 Å². The van der Waals surface area contributed by atoms with Gasteiger partial charge in [0.2, 0.25) is 5.75 Å². The first-order valence-corrected chi connectivity index (χ1v) is 4.98. The number of nitrogens with zero attached hydrogens (tertiary/aromatic N) is 2. The van der Waals surface area contributed by atoms with Gasteiger partial charge in [0.05, 0.1) is 12.2 Å². The average molecular weight is 239 g/mol. The van der Waals surface area contributed by atoms with Crippen LogP contribution in [-0.4, -0.2) is 22.4 Å². The van der Waals surface area contributed by atoms with Gasteiger partial charge in [0.25, 0.3) is 5.91 Å². The van der Waals surface area contributed by atoms with Crippen LogP contribution in [-0.2, 0) is 0 Å². The number of hydrogen-bond donors (Lipinski definition) is 1. The Morgan fingerprint density at radius 3 is 2.53 bits per heavy atom. The zero-order valence-electron chi connectivity index (χ0n) is 9.81. The SMILES string of the molecule is CCOc1c([N+](=O)[O-])nc(C)c(C(N)=O)c1C. The van der Waals surface area contributed by atoms with E-state index in [9.17, 15) is 14.9 Å². The highest BCUT2D eigenvalue weighted by Crippen LogP contribution is 2.32. The Morgan fingerprint density at radius 2 is 2.12 bits per heavy atom. The van der Waals surface area contributed by atoms with Gasteiger partial charge >= 0.3 is 5.82 Å². The third kappa shape index (κ3) is 2.32. The Kier molecular flexibility index (Phi) is 3.62. The van der Waals surface area contributed by atoms with Crippen LogP contribution in [0.4, 0.5) is 5.82 Å².